The van der Waals surface area contributed by atoms with Gasteiger partial charge in [-0.2, -0.15) is 0 Å². The maximum Gasteiger partial charge on any atom is 0.221 e. The monoisotopic (exact) mass is 194 g/mol. The Balaban J connectivity index is 2.07. The lowest BCUT2D eigenvalue weighted by molar-refractivity contribution is -0.122. The van der Waals surface area contributed by atoms with E-state index >= 15 is 0 Å². The zero-order chi connectivity index (χ0) is 10.4. The lowest BCUT2D eigenvalue weighted by Crippen LogP contribution is -2.44. The van der Waals surface area contributed by atoms with Gasteiger partial charge in [0.05, 0.1) is 6.54 Å². The lowest BCUT2D eigenvalue weighted by Gasteiger charge is -2.31. The molecule has 0 saturated carbocycles. The largest absolute Gasteiger partial charge is 0.350 e. The van der Waals surface area contributed by atoms with E-state index < -0.39 is 0 Å². The maximum atomic E-state index is 11.4. The highest BCUT2D eigenvalue weighted by atomic mass is 16.2. The molecule has 1 unspecified atom stereocenters. The maximum absolute atomic E-state index is 11.4. The van der Waals surface area contributed by atoms with Crippen molar-refractivity contribution in [2.24, 2.45) is 5.41 Å². The molecule has 0 spiro atoms. The topological polar surface area (TPSA) is 32.1 Å². The smallest absolute Gasteiger partial charge is 0.221 e. The molecule has 1 N–H and O–H groups in total. The third-order valence-electron chi connectivity index (χ3n) is 3.03. The summed E-state index contributed by atoms with van der Waals surface area (Å²) in [4.78, 5) is 13.6. The van der Waals surface area contributed by atoms with Gasteiger partial charge in [0.2, 0.25) is 5.91 Å². The van der Waals surface area contributed by atoms with Gasteiger partial charge in [0, 0.05) is 6.42 Å². The van der Waals surface area contributed by atoms with E-state index in [0.717, 1.165) is 13.0 Å². The molecule has 0 aromatic carbocycles. The van der Waals surface area contributed by atoms with E-state index in [1.54, 1.807) is 0 Å². The Hall–Kier alpha value is -0.990. The first-order valence-electron chi connectivity index (χ1n) is 5.25. The molecule has 0 radical (unpaired) electrons. The zero-order valence-corrected chi connectivity index (χ0v) is 9.13. The summed E-state index contributed by atoms with van der Waals surface area (Å²) in [6, 6.07) is 0. The van der Waals surface area contributed by atoms with E-state index in [4.69, 9.17) is 0 Å². The summed E-state index contributed by atoms with van der Waals surface area (Å²) in [7, 11) is 0. The summed E-state index contributed by atoms with van der Waals surface area (Å²) in [6.07, 6.45) is 5.91. The first-order valence-corrected chi connectivity index (χ1v) is 5.25. The summed E-state index contributed by atoms with van der Waals surface area (Å²) in [5.41, 5.74) is 0.152. The van der Waals surface area contributed by atoms with Gasteiger partial charge in [-0.1, -0.05) is 26.8 Å². The molecule has 2 rings (SSSR count). The highest BCUT2D eigenvalue weighted by Crippen LogP contribution is 2.45. The van der Waals surface area contributed by atoms with E-state index in [9.17, 15) is 4.79 Å². The molecule has 2 aliphatic heterocycles. The van der Waals surface area contributed by atoms with Gasteiger partial charge in [-0.15, -0.1) is 0 Å². The summed E-state index contributed by atoms with van der Waals surface area (Å²) < 4.78 is 0. The number of carbonyl (C=O) groups excluding carboxylic acids is 1. The Morgan fingerprint density at radius 2 is 2.29 bits per heavy atom. The fraction of sp³-hybridized carbons (Fsp3) is 0.727. The van der Waals surface area contributed by atoms with E-state index in [0.29, 0.717) is 6.42 Å². The average Bonchev–Trinajstić information content (AvgIpc) is 2.75. The third kappa shape index (κ3) is 1.51. The van der Waals surface area contributed by atoms with Crippen LogP contribution in [0.2, 0.25) is 0 Å². The number of nitrogens with one attached hydrogen (secondary N) is 1. The molecular weight excluding hydrogens is 176 g/mol. The van der Waals surface area contributed by atoms with E-state index in [1.807, 2.05) is 6.92 Å². The van der Waals surface area contributed by atoms with Crippen LogP contribution in [-0.4, -0.2) is 23.0 Å². The van der Waals surface area contributed by atoms with Crippen molar-refractivity contribution in [1.82, 2.24) is 10.2 Å². The minimum atomic E-state index is -0.0503. The van der Waals surface area contributed by atoms with Gasteiger partial charge in [-0.3, -0.25) is 4.79 Å². The van der Waals surface area contributed by atoms with Crippen LogP contribution in [0, 0.1) is 5.41 Å². The molecule has 14 heavy (non-hydrogen) atoms. The van der Waals surface area contributed by atoms with Crippen molar-refractivity contribution in [3.63, 3.8) is 0 Å². The Morgan fingerprint density at radius 3 is 2.93 bits per heavy atom. The summed E-state index contributed by atoms with van der Waals surface area (Å²) in [5.74, 6) is 0.151. The van der Waals surface area contributed by atoms with Crippen LogP contribution in [0.1, 0.15) is 33.6 Å². The Labute approximate surface area is 85.2 Å². The standard InChI is InChI=1S/C11H18N2O/c1-4-9(14)12-11-7-10(2,3)5-6-13(11)8-11/h5-6H,4,7-8H2,1-3H3,(H,12,14). The number of nitrogens with zero attached hydrogens (tertiary/aromatic N) is 1. The summed E-state index contributed by atoms with van der Waals surface area (Å²) in [6.45, 7) is 7.28. The van der Waals surface area contributed by atoms with Crippen LogP contribution in [0.3, 0.4) is 0 Å². The molecular formula is C11H18N2O. The van der Waals surface area contributed by atoms with Gasteiger partial charge in [0.15, 0.2) is 0 Å². The minimum Gasteiger partial charge on any atom is -0.350 e. The number of carbonyl (C=O) groups is 1. The highest BCUT2D eigenvalue weighted by Gasteiger charge is 2.55. The molecule has 0 bridgehead atoms. The Bertz CT molecular complexity index is 296. The van der Waals surface area contributed by atoms with Crippen molar-refractivity contribution in [1.29, 1.82) is 0 Å². The molecule has 78 valence electrons. The molecule has 0 aromatic rings. The van der Waals surface area contributed by atoms with Gasteiger partial charge in [-0.25, -0.2) is 0 Å². The van der Waals surface area contributed by atoms with Crippen LogP contribution >= 0.6 is 0 Å². The average molecular weight is 194 g/mol. The normalized spacial score (nSPS) is 32.4. The molecule has 1 fully saturated rings. The molecule has 1 amide bonds. The second-order valence-electron chi connectivity index (χ2n) is 5.04. The van der Waals surface area contributed by atoms with Crippen molar-refractivity contribution in [2.45, 2.75) is 39.3 Å². The van der Waals surface area contributed by atoms with Crippen molar-refractivity contribution < 1.29 is 4.79 Å². The lowest BCUT2D eigenvalue weighted by atomic mass is 9.84. The quantitative estimate of drug-likeness (QED) is 0.675. The predicted molar refractivity (Wildman–Crippen MR) is 55.4 cm³/mol. The molecule has 1 saturated heterocycles. The van der Waals surface area contributed by atoms with Crippen molar-refractivity contribution in [2.75, 3.05) is 6.54 Å². The molecule has 1 atom stereocenters. The van der Waals surface area contributed by atoms with Crippen LogP contribution in [0.5, 0.6) is 0 Å². The van der Waals surface area contributed by atoms with Crippen LogP contribution in [0.4, 0.5) is 0 Å². The van der Waals surface area contributed by atoms with Crippen LogP contribution in [0.15, 0.2) is 12.3 Å². The van der Waals surface area contributed by atoms with Crippen molar-refractivity contribution in [3.8, 4) is 0 Å². The fourth-order valence-corrected chi connectivity index (χ4v) is 2.21. The zero-order valence-electron chi connectivity index (χ0n) is 9.13. The van der Waals surface area contributed by atoms with E-state index in [1.165, 1.54) is 0 Å². The number of hydrogen-bond donors (Lipinski definition) is 1. The first kappa shape index (κ1) is 9.56. The second-order valence-corrected chi connectivity index (χ2v) is 5.04. The number of amides is 1. The second kappa shape index (κ2) is 2.75. The van der Waals surface area contributed by atoms with E-state index in [-0.39, 0.29) is 17.0 Å². The number of hydrogen-bond acceptors (Lipinski definition) is 2. The highest BCUT2D eigenvalue weighted by molar-refractivity contribution is 5.77. The molecule has 3 nitrogen and oxygen atoms in total. The van der Waals surface area contributed by atoms with Crippen LogP contribution in [-0.2, 0) is 4.79 Å². The Morgan fingerprint density at radius 1 is 1.57 bits per heavy atom. The molecule has 3 heteroatoms. The third-order valence-corrected chi connectivity index (χ3v) is 3.03. The van der Waals surface area contributed by atoms with Crippen molar-refractivity contribution in [3.05, 3.63) is 12.3 Å². The number of allylic oxidation sites excluding steroid dienone is 1. The number of fused-ring (bicyclic) bond motifs is 1. The predicted octanol–water partition coefficient (Wildman–Crippen LogP) is 1.47. The summed E-state index contributed by atoms with van der Waals surface area (Å²) in [5, 5.41) is 3.11. The molecule has 0 aliphatic carbocycles. The van der Waals surface area contributed by atoms with Gasteiger partial charge in [-0.05, 0) is 18.0 Å². The fourth-order valence-electron chi connectivity index (χ4n) is 2.21. The van der Waals surface area contributed by atoms with E-state index in [2.05, 4.69) is 36.3 Å². The minimum absolute atomic E-state index is 0.0503. The molecule has 2 heterocycles. The Kier molecular flexibility index (Phi) is 1.88. The SMILES string of the molecule is CCC(=O)NC12CN1C=CC(C)(C)C2. The van der Waals surface area contributed by atoms with Gasteiger partial charge >= 0.3 is 0 Å². The molecule has 2 aliphatic rings. The first-order chi connectivity index (χ1) is 6.47. The van der Waals surface area contributed by atoms with Crippen LogP contribution in [0.25, 0.3) is 0 Å². The number of rotatable bonds is 2. The van der Waals surface area contributed by atoms with Gasteiger partial charge < -0.3 is 10.2 Å². The van der Waals surface area contributed by atoms with Crippen LogP contribution < -0.4 is 5.32 Å². The summed E-state index contributed by atoms with van der Waals surface area (Å²) >= 11 is 0. The molecule has 0 aromatic heterocycles. The van der Waals surface area contributed by atoms with Gasteiger partial charge in [0.1, 0.15) is 5.66 Å². The van der Waals surface area contributed by atoms with Crippen molar-refractivity contribution >= 4 is 5.91 Å². The van der Waals surface area contributed by atoms with Gasteiger partial charge in [0.25, 0.3) is 0 Å².